The Morgan fingerprint density at radius 1 is 1.47 bits per heavy atom. The zero-order valence-corrected chi connectivity index (χ0v) is 10.9. The Bertz CT molecular complexity index is 449. The zero-order chi connectivity index (χ0) is 13.8. The van der Waals surface area contributed by atoms with E-state index in [1.165, 1.54) is 0 Å². The van der Waals surface area contributed by atoms with Crippen LogP contribution in [-0.4, -0.2) is 42.0 Å². The van der Waals surface area contributed by atoms with Gasteiger partial charge in [-0.15, -0.1) is 0 Å². The molecule has 5 nitrogen and oxygen atoms in total. The summed E-state index contributed by atoms with van der Waals surface area (Å²) in [6.45, 7) is -0.0489. The summed E-state index contributed by atoms with van der Waals surface area (Å²) in [5.74, 6) is 0.303. The number of carbonyl (C=O) groups is 1. The van der Waals surface area contributed by atoms with Gasteiger partial charge in [0.05, 0.1) is 13.2 Å². The van der Waals surface area contributed by atoms with Crippen LogP contribution in [0.4, 0.5) is 0 Å². The van der Waals surface area contributed by atoms with Gasteiger partial charge in [0.15, 0.2) is 0 Å². The normalized spacial score (nSPS) is 26.2. The fraction of sp³-hybridized carbons (Fsp3) is 0.500. The van der Waals surface area contributed by atoms with Crippen molar-refractivity contribution in [1.29, 1.82) is 0 Å². The number of amides is 1. The molecule has 0 heterocycles. The Balaban J connectivity index is 1.98. The van der Waals surface area contributed by atoms with Crippen molar-refractivity contribution < 1.29 is 19.7 Å². The van der Waals surface area contributed by atoms with Gasteiger partial charge in [0, 0.05) is 24.1 Å². The maximum Gasteiger partial charge on any atom is 0.251 e. The van der Waals surface area contributed by atoms with Crippen LogP contribution in [0.3, 0.4) is 0 Å². The standard InChI is InChI=1S/C14H19NO4/c1-19-12-4-2-3-9(6-12)14(18)15-11-5-10(8-16)13(17)7-11/h2-4,6,10-11,13,16-17H,5,7-8H2,1H3,(H,15,18)/t10-,11+,13+/m0/s1. The van der Waals surface area contributed by atoms with Gasteiger partial charge >= 0.3 is 0 Å². The van der Waals surface area contributed by atoms with Gasteiger partial charge in [0.1, 0.15) is 5.75 Å². The maximum atomic E-state index is 12.1. The summed E-state index contributed by atoms with van der Waals surface area (Å²) in [6, 6.07) is 6.83. The predicted molar refractivity (Wildman–Crippen MR) is 70.1 cm³/mol. The summed E-state index contributed by atoms with van der Waals surface area (Å²) >= 11 is 0. The second-order valence-electron chi connectivity index (χ2n) is 4.88. The van der Waals surface area contributed by atoms with Gasteiger partial charge < -0.3 is 20.3 Å². The molecule has 1 fully saturated rings. The van der Waals surface area contributed by atoms with Crippen LogP contribution >= 0.6 is 0 Å². The lowest BCUT2D eigenvalue weighted by Gasteiger charge is -2.12. The molecule has 0 aliphatic heterocycles. The molecule has 1 aromatic carbocycles. The Morgan fingerprint density at radius 3 is 2.89 bits per heavy atom. The fourth-order valence-electron chi connectivity index (χ4n) is 2.45. The van der Waals surface area contributed by atoms with Gasteiger partial charge in [-0.05, 0) is 31.0 Å². The summed E-state index contributed by atoms with van der Waals surface area (Å²) in [5.41, 5.74) is 0.529. The third-order valence-electron chi connectivity index (χ3n) is 3.56. The average molecular weight is 265 g/mol. The molecular weight excluding hydrogens is 246 g/mol. The molecule has 5 heteroatoms. The van der Waals surface area contributed by atoms with Gasteiger partial charge in [0.2, 0.25) is 0 Å². The summed E-state index contributed by atoms with van der Waals surface area (Å²) < 4.78 is 5.07. The molecule has 1 aliphatic carbocycles. The largest absolute Gasteiger partial charge is 0.497 e. The first-order valence-electron chi connectivity index (χ1n) is 6.38. The predicted octanol–water partition coefficient (Wildman–Crippen LogP) is 0.557. The van der Waals surface area contributed by atoms with Gasteiger partial charge in [0.25, 0.3) is 5.91 Å². The number of hydrogen-bond donors (Lipinski definition) is 3. The highest BCUT2D eigenvalue weighted by atomic mass is 16.5. The Kier molecular flexibility index (Phi) is 4.39. The fourth-order valence-corrected chi connectivity index (χ4v) is 2.45. The molecule has 1 aliphatic rings. The molecule has 0 spiro atoms. The van der Waals surface area contributed by atoms with E-state index < -0.39 is 6.10 Å². The number of ether oxygens (including phenoxy) is 1. The third kappa shape index (κ3) is 3.24. The second-order valence-corrected chi connectivity index (χ2v) is 4.88. The lowest BCUT2D eigenvalue weighted by Crippen LogP contribution is -2.33. The number of nitrogens with one attached hydrogen (secondary N) is 1. The molecule has 3 atom stereocenters. The second kappa shape index (κ2) is 6.04. The van der Waals surface area contributed by atoms with E-state index in [9.17, 15) is 9.90 Å². The van der Waals surface area contributed by atoms with E-state index in [1.54, 1.807) is 31.4 Å². The quantitative estimate of drug-likeness (QED) is 0.743. The van der Waals surface area contributed by atoms with E-state index in [0.717, 1.165) is 0 Å². The van der Waals surface area contributed by atoms with Crippen molar-refractivity contribution in [2.24, 2.45) is 5.92 Å². The summed E-state index contributed by atoms with van der Waals surface area (Å²) in [5, 5.41) is 21.7. The van der Waals surface area contributed by atoms with Crippen molar-refractivity contribution in [3.05, 3.63) is 29.8 Å². The van der Waals surface area contributed by atoms with Crippen LogP contribution in [0.25, 0.3) is 0 Å². The van der Waals surface area contributed by atoms with E-state index in [2.05, 4.69) is 5.32 Å². The maximum absolute atomic E-state index is 12.1. The lowest BCUT2D eigenvalue weighted by molar-refractivity contribution is 0.0903. The Labute approximate surface area is 112 Å². The van der Waals surface area contributed by atoms with Gasteiger partial charge in [-0.3, -0.25) is 4.79 Å². The average Bonchev–Trinajstić information content (AvgIpc) is 2.78. The minimum absolute atomic E-state index is 0.0489. The van der Waals surface area contributed by atoms with E-state index in [0.29, 0.717) is 24.2 Å². The summed E-state index contributed by atoms with van der Waals surface area (Å²) in [7, 11) is 1.55. The van der Waals surface area contributed by atoms with E-state index in [4.69, 9.17) is 9.84 Å². The molecule has 0 unspecified atom stereocenters. The number of benzene rings is 1. The molecule has 2 rings (SSSR count). The Morgan fingerprint density at radius 2 is 2.26 bits per heavy atom. The molecule has 19 heavy (non-hydrogen) atoms. The van der Waals surface area contributed by atoms with Crippen molar-refractivity contribution >= 4 is 5.91 Å². The van der Waals surface area contributed by atoms with Crippen molar-refractivity contribution in [2.75, 3.05) is 13.7 Å². The third-order valence-corrected chi connectivity index (χ3v) is 3.56. The van der Waals surface area contributed by atoms with Crippen molar-refractivity contribution in [2.45, 2.75) is 25.0 Å². The lowest BCUT2D eigenvalue weighted by atomic mass is 10.1. The van der Waals surface area contributed by atoms with Crippen molar-refractivity contribution in [1.82, 2.24) is 5.32 Å². The molecule has 3 N–H and O–H groups in total. The van der Waals surface area contributed by atoms with Gasteiger partial charge in [-0.1, -0.05) is 6.07 Å². The highest BCUT2D eigenvalue weighted by Crippen LogP contribution is 2.26. The first-order valence-corrected chi connectivity index (χ1v) is 6.38. The Hall–Kier alpha value is -1.59. The number of rotatable bonds is 4. The zero-order valence-electron chi connectivity index (χ0n) is 10.9. The summed E-state index contributed by atoms with van der Waals surface area (Å²) in [6.07, 6.45) is 0.550. The molecule has 1 amide bonds. The van der Waals surface area contributed by atoms with Crippen LogP contribution in [0.2, 0.25) is 0 Å². The number of hydrogen-bond acceptors (Lipinski definition) is 4. The highest BCUT2D eigenvalue weighted by molar-refractivity contribution is 5.94. The molecule has 0 bridgehead atoms. The number of carbonyl (C=O) groups excluding carboxylic acids is 1. The van der Waals surface area contributed by atoms with Gasteiger partial charge in [-0.25, -0.2) is 0 Å². The van der Waals surface area contributed by atoms with E-state index in [-0.39, 0.29) is 24.5 Å². The molecule has 0 saturated heterocycles. The molecule has 0 radical (unpaired) electrons. The van der Waals surface area contributed by atoms with Crippen LogP contribution in [-0.2, 0) is 0 Å². The number of methoxy groups -OCH3 is 1. The van der Waals surface area contributed by atoms with E-state index >= 15 is 0 Å². The number of aliphatic hydroxyl groups excluding tert-OH is 2. The van der Waals surface area contributed by atoms with Crippen molar-refractivity contribution in [3.8, 4) is 5.75 Å². The van der Waals surface area contributed by atoms with Crippen LogP contribution in [0.5, 0.6) is 5.75 Å². The minimum atomic E-state index is -0.541. The molecular formula is C14H19NO4. The molecule has 0 aromatic heterocycles. The van der Waals surface area contributed by atoms with Crippen molar-refractivity contribution in [3.63, 3.8) is 0 Å². The van der Waals surface area contributed by atoms with Crippen LogP contribution < -0.4 is 10.1 Å². The van der Waals surface area contributed by atoms with Crippen LogP contribution in [0.15, 0.2) is 24.3 Å². The SMILES string of the molecule is COc1cccc(C(=O)N[C@@H]2C[C@@H](CO)[C@H](O)C2)c1. The monoisotopic (exact) mass is 265 g/mol. The molecule has 1 saturated carbocycles. The smallest absolute Gasteiger partial charge is 0.251 e. The highest BCUT2D eigenvalue weighted by Gasteiger charge is 2.33. The molecule has 104 valence electrons. The topological polar surface area (TPSA) is 78.8 Å². The van der Waals surface area contributed by atoms with E-state index in [1.807, 2.05) is 0 Å². The van der Waals surface area contributed by atoms with Crippen LogP contribution in [0.1, 0.15) is 23.2 Å². The number of aliphatic hydroxyl groups is 2. The molecule has 1 aromatic rings. The first kappa shape index (κ1) is 13.8. The van der Waals surface area contributed by atoms with Gasteiger partial charge in [-0.2, -0.15) is 0 Å². The first-order chi connectivity index (χ1) is 9.13. The summed E-state index contributed by atoms with van der Waals surface area (Å²) in [4.78, 5) is 12.1. The minimum Gasteiger partial charge on any atom is -0.497 e. The van der Waals surface area contributed by atoms with Crippen LogP contribution in [0, 0.1) is 5.92 Å².